The van der Waals surface area contributed by atoms with Gasteiger partial charge in [0.15, 0.2) is 6.10 Å². The number of nitrogens with one attached hydrogen (secondary N) is 1. The van der Waals surface area contributed by atoms with E-state index < -0.39 is 18.2 Å². The lowest BCUT2D eigenvalue weighted by molar-refractivity contribution is -0.151. The van der Waals surface area contributed by atoms with Crippen LogP contribution in [0.15, 0.2) is 40.8 Å². The van der Waals surface area contributed by atoms with Crippen molar-refractivity contribution in [2.45, 2.75) is 31.6 Å². The highest BCUT2D eigenvalue weighted by atomic mass is 35.5. The fourth-order valence-corrected chi connectivity index (χ4v) is 2.67. The van der Waals surface area contributed by atoms with E-state index in [1.165, 1.54) is 0 Å². The number of amides is 1. The van der Waals surface area contributed by atoms with E-state index in [9.17, 15) is 9.59 Å². The molecule has 0 saturated carbocycles. The summed E-state index contributed by atoms with van der Waals surface area (Å²) < 4.78 is 10.9. The highest BCUT2D eigenvalue weighted by molar-refractivity contribution is 6.30. The molecule has 0 radical (unpaired) electrons. The molecule has 6 nitrogen and oxygen atoms in total. The van der Waals surface area contributed by atoms with Gasteiger partial charge in [0.25, 0.3) is 0 Å². The summed E-state index contributed by atoms with van der Waals surface area (Å²) in [6, 6.07) is 10.8. The Morgan fingerprint density at radius 1 is 1.12 bits per heavy atom. The van der Waals surface area contributed by atoms with Gasteiger partial charge in [0.2, 0.25) is 5.91 Å². The molecular formula is C17H16ClNO5. The number of aliphatic carboxylic acids is 1. The van der Waals surface area contributed by atoms with E-state index in [4.69, 9.17) is 25.9 Å². The maximum Gasteiger partial charge on any atom is 0.332 e. The third kappa shape index (κ3) is 3.77. The Labute approximate surface area is 143 Å². The highest BCUT2D eigenvalue weighted by Gasteiger charge is 2.34. The molecule has 2 N–H and O–H groups in total. The molecule has 1 amide bonds. The van der Waals surface area contributed by atoms with Crippen molar-refractivity contribution in [2.24, 2.45) is 0 Å². The van der Waals surface area contributed by atoms with Crippen LogP contribution < -0.4 is 5.32 Å². The second-order valence-electron chi connectivity index (χ2n) is 5.52. The van der Waals surface area contributed by atoms with Crippen molar-refractivity contribution >= 4 is 23.5 Å². The third-order valence-corrected chi connectivity index (χ3v) is 4.07. The third-order valence-electron chi connectivity index (χ3n) is 3.81. The predicted octanol–water partition coefficient (Wildman–Crippen LogP) is 2.85. The van der Waals surface area contributed by atoms with Gasteiger partial charge in [-0.3, -0.25) is 4.79 Å². The van der Waals surface area contributed by atoms with Gasteiger partial charge < -0.3 is 19.6 Å². The molecule has 24 heavy (non-hydrogen) atoms. The van der Waals surface area contributed by atoms with Gasteiger partial charge in [-0.15, -0.1) is 0 Å². The lowest BCUT2D eigenvalue weighted by atomic mass is 10.2. The van der Waals surface area contributed by atoms with Crippen molar-refractivity contribution in [3.8, 4) is 11.3 Å². The Hall–Kier alpha value is -2.31. The highest BCUT2D eigenvalue weighted by Crippen LogP contribution is 2.24. The van der Waals surface area contributed by atoms with Crippen molar-refractivity contribution in [1.29, 1.82) is 0 Å². The lowest BCUT2D eigenvalue weighted by Gasteiger charge is -2.10. The Balaban J connectivity index is 1.55. The van der Waals surface area contributed by atoms with Crippen LogP contribution in [0.4, 0.5) is 0 Å². The number of rotatable bonds is 5. The predicted molar refractivity (Wildman–Crippen MR) is 86.5 cm³/mol. The first-order chi connectivity index (χ1) is 11.5. The molecular weight excluding hydrogens is 334 g/mol. The topological polar surface area (TPSA) is 88.8 Å². The average Bonchev–Trinajstić information content (AvgIpc) is 3.23. The van der Waals surface area contributed by atoms with Crippen LogP contribution in [0.25, 0.3) is 11.3 Å². The van der Waals surface area contributed by atoms with Crippen LogP contribution in [-0.4, -0.2) is 29.2 Å². The number of carbonyl (C=O) groups excluding carboxylic acids is 1. The van der Waals surface area contributed by atoms with Gasteiger partial charge in [0.1, 0.15) is 17.6 Å². The maximum absolute atomic E-state index is 12.0. The zero-order chi connectivity index (χ0) is 17.1. The van der Waals surface area contributed by atoms with E-state index >= 15 is 0 Å². The number of carbonyl (C=O) groups is 2. The normalized spacial score (nSPS) is 20.0. The summed E-state index contributed by atoms with van der Waals surface area (Å²) in [5, 5.41) is 12.2. The van der Waals surface area contributed by atoms with E-state index in [1.807, 2.05) is 18.2 Å². The van der Waals surface area contributed by atoms with Crippen molar-refractivity contribution in [1.82, 2.24) is 5.32 Å². The second kappa shape index (κ2) is 7.07. The summed E-state index contributed by atoms with van der Waals surface area (Å²) >= 11 is 5.85. The Kier molecular flexibility index (Phi) is 4.87. The summed E-state index contributed by atoms with van der Waals surface area (Å²) in [5.41, 5.74) is 0.889. The summed E-state index contributed by atoms with van der Waals surface area (Å²) in [4.78, 5) is 22.8. The zero-order valence-corrected chi connectivity index (χ0v) is 13.5. The molecule has 1 aromatic carbocycles. The van der Waals surface area contributed by atoms with Crippen molar-refractivity contribution < 1.29 is 23.8 Å². The Bertz CT molecular complexity index is 740. The van der Waals surface area contributed by atoms with Gasteiger partial charge in [-0.2, -0.15) is 0 Å². The fraction of sp³-hybridized carbons (Fsp3) is 0.294. The Morgan fingerprint density at radius 2 is 1.83 bits per heavy atom. The van der Waals surface area contributed by atoms with Crippen molar-refractivity contribution in [3.63, 3.8) is 0 Å². The van der Waals surface area contributed by atoms with Crippen LogP contribution in [-0.2, 0) is 20.9 Å². The number of ether oxygens (including phenoxy) is 1. The van der Waals surface area contributed by atoms with Crippen molar-refractivity contribution in [3.05, 3.63) is 47.2 Å². The number of halogens is 1. The molecule has 1 aliphatic heterocycles. The monoisotopic (exact) mass is 349 g/mol. The molecule has 0 aliphatic carbocycles. The molecule has 2 atom stereocenters. The zero-order valence-electron chi connectivity index (χ0n) is 12.7. The molecule has 1 fully saturated rings. The van der Waals surface area contributed by atoms with Crippen LogP contribution in [0.3, 0.4) is 0 Å². The van der Waals surface area contributed by atoms with Gasteiger partial charge >= 0.3 is 5.97 Å². The van der Waals surface area contributed by atoms with Gasteiger partial charge in [0, 0.05) is 10.6 Å². The number of hydrogen-bond acceptors (Lipinski definition) is 4. The van der Waals surface area contributed by atoms with Crippen LogP contribution in [0, 0.1) is 0 Å². The van der Waals surface area contributed by atoms with Gasteiger partial charge in [-0.25, -0.2) is 4.79 Å². The molecule has 2 heterocycles. The quantitative estimate of drug-likeness (QED) is 0.866. The second-order valence-corrected chi connectivity index (χ2v) is 5.96. The lowest BCUT2D eigenvalue weighted by Crippen LogP contribution is -2.35. The van der Waals surface area contributed by atoms with Crippen LogP contribution >= 0.6 is 11.6 Å². The largest absolute Gasteiger partial charge is 0.479 e. The first kappa shape index (κ1) is 16.5. The van der Waals surface area contributed by atoms with Gasteiger partial charge in [0.05, 0.1) is 6.54 Å². The molecule has 7 heteroatoms. The number of benzene rings is 1. The maximum atomic E-state index is 12.0. The van der Waals surface area contributed by atoms with E-state index in [-0.39, 0.29) is 12.5 Å². The summed E-state index contributed by atoms with van der Waals surface area (Å²) in [6.07, 6.45) is -0.885. The molecule has 3 rings (SSSR count). The number of furan rings is 1. The molecule has 1 aliphatic rings. The van der Waals surface area contributed by atoms with E-state index in [1.54, 1.807) is 18.2 Å². The van der Waals surface area contributed by atoms with Crippen molar-refractivity contribution in [2.75, 3.05) is 0 Å². The van der Waals surface area contributed by atoms with E-state index in [2.05, 4.69) is 5.32 Å². The van der Waals surface area contributed by atoms with Crippen LogP contribution in [0.2, 0.25) is 5.02 Å². The number of carboxylic acids is 1. The molecule has 0 bridgehead atoms. The molecule has 126 valence electrons. The Morgan fingerprint density at radius 3 is 2.50 bits per heavy atom. The van der Waals surface area contributed by atoms with E-state index in [0.29, 0.717) is 29.4 Å². The first-order valence-corrected chi connectivity index (χ1v) is 7.91. The molecule has 1 saturated heterocycles. The van der Waals surface area contributed by atoms with Gasteiger partial charge in [-0.05, 0) is 49.2 Å². The number of carboxylic acid groups (broad SMARTS) is 1. The average molecular weight is 350 g/mol. The summed E-state index contributed by atoms with van der Waals surface area (Å²) in [5.74, 6) is -0.0906. The minimum Gasteiger partial charge on any atom is -0.479 e. The smallest absolute Gasteiger partial charge is 0.332 e. The summed E-state index contributed by atoms with van der Waals surface area (Å²) in [6.45, 7) is 0.212. The molecule has 0 spiro atoms. The minimum absolute atomic E-state index is 0.212. The minimum atomic E-state index is -1.04. The SMILES string of the molecule is O=C(O)[C@@H]1CC[C@H](C(=O)NCc2ccc(-c3ccc(Cl)cc3)o2)O1. The molecule has 0 unspecified atom stereocenters. The molecule has 2 aromatic rings. The summed E-state index contributed by atoms with van der Waals surface area (Å²) in [7, 11) is 0. The van der Waals surface area contributed by atoms with E-state index in [0.717, 1.165) is 5.56 Å². The number of hydrogen-bond donors (Lipinski definition) is 2. The van der Waals surface area contributed by atoms with Crippen LogP contribution in [0.1, 0.15) is 18.6 Å². The fourth-order valence-electron chi connectivity index (χ4n) is 2.54. The molecule has 1 aromatic heterocycles. The standard InChI is InChI=1S/C17H16ClNO5/c18-11-3-1-10(2-4-11)13-6-5-12(23-13)9-19-16(20)14-7-8-15(24-14)17(21)22/h1-6,14-15H,7-9H2,(H,19,20)(H,21,22)/t14-,15+/m1/s1. The first-order valence-electron chi connectivity index (χ1n) is 7.53. The van der Waals surface area contributed by atoms with Gasteiger partial charge in [-0.1, -0.05) is 11.6 Å². The van der Waals surface area contributed by atoms with Crippen LogP contribution in [0.5, 0.6) is 0 Å².